The molecule has 3 N–H and O–H groups in total. The minimum absolute atomic E-state index is 0. The predicted octanol–water partition coefficient (Wildman–Crippen LogP) is 37.1. The lowest BCUT2D eigenvalue weighted by atomic mass is 9.87. The van der Waals surface area contributed by atoms with Crippen molar-refractivity contribution >= 4 is 63.2 Å². The lowest BCUT2D eigenvalue weighted by molar-refractivity contribution is -0.161. The van der Waals surface area contributed by atoms with Crippen molar-refractivity contribution < 1.29 is 84.5 Å². The second-order valence-electron chi connectivity index (χ2n) is 35.2. The molecule has 0 aromatic heterocycles. The quantitative estimate of drug-likeness (QED) is 0.00883. The van der Waals surface area contributed by atoms with Crippen LogP contribution in [-0.2, 0) is 51.1 Å². The van der Waals surface area contributed by atoms with Crippen LogP contribution in [0.5, 0.6) is 34.5 Å². The molecule has 0 aliphatic heterocycles. The summed E-state index contributed by atoms with van der Waals surface area (Å²) in [4.78, 5) is 47.1. The molecule has 1 saturated carbocycles. The standard InChI is InChI=1S/C22H24O2.C20H32O2.C19H22O7S2.C16H24O2.C12H16O3.2C10H14O.14CH4/c1-5-22(3,4)21(23)24-15(2)16-10-11-19-13-17-8-6-7-9-18(17)14-20(19)12-16;1-4-16(2)19-10-12-20(13-11-19)22-17(3)21-15-14-18-8-6-5-7-9-18;1-5-19(2,3)18(20)26-15-8-12-17(13-9-15)28(23,24)27(21,22)16-10-6-14(25-4)7-11-16;1-5-10-14(13-11-8-7-9-12-13)18-15(17)16(3,4)6-2;1-4-8(2)9-5-6-11(13)10(7-9)12(14)15-3;2*1-3-8(2)9-4-6-10(11)7-5-9;;;;;;;;;;;;;;/h6-15H,5H2,1-4H3;10-13,16-18H,4-9,14-15H2,1-3H3;6-13H,5H2,1-4H3;7-9,11-12,14H,5-6,10H2,1-4H3;5-8,13H,4H2,1-3H3;2*4-8,11H,3H2,1-2H3;14*1H4. The number of aromatic hydroxyl groups is 3. The number of carbonyl (C=O) groups is 4. The summed E-state index contributed by atoms with van der Waals surface area (Å²) in [5.41, 5.74) is 5.81. The van der Waals surface area contributed by atoms with E-state index < -0.39 is 50.8 Å². The third kappa shape index (κ3) is 48.4. The van der Waals surface area contributed by atoms with Crippen molar-refractivity contribution in [2.45, 2.75) is 391 Å². The molecule has 1 aliphatic rings. The number of hydrogen-bond acceptors (Lipinski definition) is 18. The molecule has 10 aromatic rings. The second-order valence-corrected chi connectivity index (χ2v) is 40.6. The predicted molar refractivity (Wildman–Crippen MR) is 616 cm³/mol. The van der Waals surface area contributed by atoms with Crippen molar-refractivity contribution in [2.75, 3.05) is 20.8 Å². The van der Waals surface area contributed by atoms with Gasteiger partial charge in [-0.2, -0.15) is 0 Å². The first-order valence-corrected chi connectivity index (χ1v) is 49.3. The number of hydrogen-bond donors (Lipinski definition) is 3. The average Bonchev–Trinajstić information content (AvgIpc) is 0.760. The fraction of sp³-hybridized carbons (Fsp3) is 0.512. The van der Waals surface area contributed by atoms with Crippen LogP contribution in [0.2, 0.25) is 0 Å². The van der Waals surface area contributed by atoms with Crippen molar-refractivity contribution in [1.29, 1.82) is 0 Å². The fourth-order valence-electron chi connectivity index (χ4n) is 13.1. The van der Waals surface area contributed by atoms with E-state index in [1.54, 1.807) is 44.2 Å². The van der Waals surface area contributed by atoms with Crippen molar-refractivity contribution in [3.63, 3.8) is 0 Å². The van der Waals surface area contributed by atoms with Crippen molar-refractivity contribution in [3.05, 3.63) is 263 Å². The first-order valence-electron chi connectivity index (χ1n) is 45.9. The van der Waals surface area contributed by atoms with E-state index in [0.29, 0.717) is 47.3 Å². The van der Waals surface area contributed by atoms with Gasteiger partial charge >= 0.3 is 23.9 Å². The topological polar surface area (TPSA) is 262 Å². The molecule has 7 atom stereocenters. The van der Waals surface area contributed by atoms with Crippen molar-refractivity contribution in [1.82, 2.24) is 0 Å². The van der Waals surface area contributed by atoms with Gasteiger partial charge in [0.15, 0.2) is 6.29 Å². The zero-order valence-corrected chi connectivity index (χ0v) is 82.2. The van der Waals surface area contributed by atoms with Crippen LogP contribution >= 0.6 is 0 Å². The van der Waals surface area contributed by atoms with Crippen molar-refractivity contribution in [3.8, 4) is 34.5 Å². The number of phenolic OH excluding ortho intramolecular Hbond substituents is 3. The number of phenols is 3. The number of carbonyl (C=O) groups excluding carboxylic acids is 4. The van der Waals surface area contributed by atoms with E-state index in [4.69, 9.17) is 38.6 Å². The maximum atomic E-state index is 12.6. The Morgan fingerprint density at radius 3 is 1.15 bits per heavy atom. The Balaban J connectivity index is -0.000000181. The third-order valence-corrected chi connectivity index (χ3v) is 29.6. The first kappa shape index (κ1) is 153. The molecule has 0 heterocycles. The fourth-order valence-corrected chi connectivity index (χ4v) is 16.8. The highest BCUT2D eigenvalue weighted by Gasteiger charge is 2.36. The van der Waals surface area contributed by atoms with E-state index in [1.807, 2.05) is 129 Å². The first-order chi connectivity index (χ1) is 61.1. The molecule has 1 fully saturated rings. The van der Waals surface area contributed by atoms with Gasteiger partial charge in [-0.15, -0.1) is 0 Å². The minimum atomic E-state index is -4.70. The van der Waals surface area contributed by atoms with Gasteiger partial charge in [0, 0.05) is 0 Å². The lowest BCUT2D eigenvalue weighted by Gasteiger charge is -2.25. The molecule has 143 heavy (non-hydrogen) atoms. The number of rotatable bonds is 32. The molecule has 814 valence electrons. The molecule has 0 bridgehead atoms. The molecule has 0 amide bonds. The third-order valence-electron chi connectivity index (χ3n) is 24.4. The monoisotopic (exact) mass is 2030 g/mol. The summed E-state index contributed by atoms with van der Waals surface area (Å²) in [6, 6.07) is 67.1. The Labute approximate surface area is 873 Å². The van der Waals surface area contributed by atoms with Crippen LogP contribution in [0, 0.1) is 22.2 Å². The summed E-state index contributed by atoms with van der Waals surface area (Å²) < 4.78 is 88.2. The molecule has 1 aliphatic carbocycles. The molecular formula is C123H202O18S2. The van der Waals surface area contributed by atoms with Gasteiger partial charge in [0.05, 0.1) is 46.9 Å². The molecule has 11 rings (SSSR count). The van der Waals surface area contributed by atoms with E-state index in [2.05, 4.69) is 140 Å². The maximum Gasteiger partial charge on any atom is 0.341 e. The van der Waals surface area contributed by atoms with Crippen LogP contribution in [0.1, 0.15) is 418 Å². The largest absolute Gasteiger partial charge is 0.508 e. The molecule has 0 radical (unpaired) electrons. The van der Waals surface area contributed by atoms with Gasteiger partial charge in [-0.3, -0.25) is 14.4 Å². The highest BCUT2D eigenvalue weighted by atomic mass is 33.2. The molecule has 20 heteroatoms. The number of esters is 4. The number of methoxy groups -OCH3 is 2. The van der Waals surface area contributed by atoms with Crippen LogP contribution in [0.3, 0.4) is 0 Å². The summed E-state index contributed by atoms with van der Waals surface area (Å²) in [6.45, 7) is 41.2. The Morgan fingerprint density at radius 1 is 0.378 bits per heavy atom. The van der Waals surface area contributed by atoms with Crippen LogP contribution in [0.4, 0.5) is 0 Å². The average molecular weight is 2030 g/mol. The van der Waals surface area contributed by atoms with Gasteiger partial charge in [0.1, 0.15) is 52.3 Å². The Bertz CT molecular complexity index is 5210. The van der Waals surface area contributed by atoms with Gasteiger partial charge in [-0.25, -0.2) is 21.6 Å². The Hall–Kier alpha value is -10.5. The van der Waals surface area contributed by atoms with Gasteiger partial charge in [0.25, 0.3) is 17.7 Å². The minimum Gasteiger partial charge on any atom is -0.508 e. The van der Waals surface area contributed by atoms with Gasteiger partial charge in [-0.1, -0.05) is 335 Å². The van der Waals surface area contributed by atoms with Gasteiger partial charge in [0.2, 0.25) is 0 Å². The zero-order chi connectivity index (χ0) is 95.8. The molecular weight excluding hydrogens is 1830 g/mol. The van der Waals surface area contributed by atoms with E-state index in [9.17, 15) is 41.1 Å². The van der Waals surface area contributed by atoms with Gasteiger partial charge < -0.3 is 48.5 Å². The van der Waals surface area contributed by atoms with E-state index >= 15 is 0 Å². The van der Waals surface area contributed by atoms with Crippen LogP contribution in [0.25, 0.3) is 21.5 Å². The van der Waals surface area contributed by atoms with Crippen LogP contribution in [0.15, 0.2) is 234 Å². The van der Waals surface area contributed by atoms with Crippen LogP contribution in [-0.4, -0.2) is 83.1 Å². The highest BCUT2D eigenvalue weighted by Crippen LogP contribution is 2.36. The Morgan fingerprint density at radius 2 is 0.741 bits per heavy atom. The zero-order valence-electron chi connectivity index (χ0n) is 80.6. The molecule has 18 nitrogen and oxygen atoms in total. The number of benzene rings is 10. The molecule has 0 spiro atoms. The summed E-state index contributed by atoms with van der Waals surface area (Å²) >= 11 is 0. The summed E-state index contributed by atoms with van der Waals surface area (Å²) in [5, 5.41) is 32.3. The number of ether oxygens (including phenoxy) is 7. The summed E-state index contributed by atoms with van der Waals surface area (Å²) in [6.07, 6.45) is 16.1. The summed E-state index contributed by atoms with van der Waals surface area (Å²) in [5.74, 6) is 3.91. The van der Waals surface area contributed by atoms with Crippen LogP contribution < -0.4 is 14.2 Å². The normalized spacial score (nSPS) is 12.5. The molecule has 0 saturated heterocycles. The van der Waals surface area contributed by atoms with E-state index in [1.165, 1.54) is 128 Å². The smallest absolute Gasteiger partial charge is 0.341 e. The van der Waals surface area contributed by atoms with Gasteiger partial charge in [-0.05, 0) is 313 Å². The number of fused-ring (bicyclic) bond motifs is 2. The van der Waals surface area contributed by atoms with E-state index in [0.717, 1.165) is 104 Å². The lowest BCUT2D eigenvalue weighted by Crippen LogP contribution is -2.28. The van der Waals surface area contributed by atoms with Crippen molar-refractivity contribution in [2.24, 2.45) is 22.2 Å². The SMILES string of the molecule is C.C.C.C.C.C.C.C.C.C.C.C.C.C.CCC(C)(C)C(=O)OC(C)c1ccc2cc3ccccc3cc2c1.CCC(C)(C)C(=O)Oc1ccc(S(=O)(=O)S(=O)(=O)c2ccc(OC)cc2)cc1.CCC(C)c1ccc(O)c(C(=O)OC)c1.CCC(C)c1ccc(O)cc1.CCC(C)c1ccc(O)cc1.CCC(C)c1ccc(OC(C)OCCC2CCCCC2)cc1.CCCC(OC(=O)C(C)(C)CC)c1ccccc1. The maximum absolute atomic E-state index is 12.6. The summed E-state index contributed by atoms with van der Waals surface area (Å²) in [7, 11) is -6.65. The second kappa shape index (κ2) is 75.2. The molecule has 7 unspecified atom stereocenters. The highest BCUT2D eigenvalue weighted by molar-refractivity contribution is 8.67. The van der Waals surface area contributed by atoms with E-state index in [-0.39, 0.29) is 156 Å². The Kier molecular flexibility index (Phi) is 80.3. The molecule has 10 aromatic carbocycles.